The summed E-state index contributed by atoms with van der Waals surface area (Å²) in [5, 5.41) is 4.10. The summed E-state index contributed by atoms with van der Waals surface area (Å²) in [6, 6.07) is 9.63. The molecule has 152 valence electrons. The molecule has 4 heterocycles. The summed E-state index contributed by atoms with van der Waals surface area (Å²) in [5.74, 6) is 1.47. The summed E-state index contributed by atoms with van der Waals surface area (Å²) in [6.45, 7) is 3.41. The number of rotatable bonds is 6. The van der Waals surface area contributed by atoms with E-state index in [1.165, 1.54) is 6.26 Å². The molecule has 0 amide bonds. The van der Waals surface area contributed by atoms with Crippen molar-refractivity contribution in [1.82, 2.24) is 19.7 Å². The van der Waals surface area contributed by atoms with Gasteiger partial charge in [-0.2, -0.15) is 0 Å². The van der Waals surface area contributed by atoms with Crippen molar-refractivity contribution in [3.8, 4) is 10.6 Å². The highest BCUT2D eigenvalue weighted by Gasteiger charge is 2.26. The van der Waals surface area contributed by atoms with Crippen LogP contribution in [0.2, 0.25) is 0 Å². The van der Waals surface area contributed by atoms with Crippen molar-refractivity contribution in [1.29, 1.82) is 0 Å². The van der Waals surface area contributed by atoms with Gasteiger partial charge in [0.2, 0.25) is 10.0 Å². The highest BCUT2D eigenvalue weighted by molar-refractivity contribution is 7.88. The molecule has 1 fully saturated rings. The van der Waals surface area contributed by atoms with E-state index in [-0.39, 0.29) is 6.04 Å². The third kappa shape index (κ3) is 5.08. The van der Waals surface area contributed by atoms with Crippen LogP contribution in [0.5, 0.6) is 0 Å². The zero-order valence-corrected chi connectivity index (χ0v) is 17.8. The third-order valence-electron chi connectivity index (χ3n) is 4.51. The quantitative estimate of drug-likeness (QED) is 0.620. The van der Waals surface area contributed by atoms with Crippen LogP contribution in [0.1, 0.15) is 12.0 Å². The second-order valence-corrected chi connectivity index (χ2v) is 9.87. The van der Waals surface area contributed by atoms with E-state index in [0.29, 0.717) is 12.4 Å². The smallest absolute Gasteiger partial charge is 0.209 e. The highest BCUT2D eigenvalue weighted by Crippen LogP contribution is 2.32. The van der Waals surface area contributed by atoms with E-state index in [1.54, 1.807) is 17.5 Å². The van der Waals surface area contributed by atoms with Gasteiger partial charge in [-0.15, -0.1) is 0 Å². The van der Waals surface area contributed by atoms with Gasteiger partial charge in [-0.1, -0.05) is 17.4 Å². The van der Waals surface area contributed by atoms with Crippen molar-refractivity contribution < 1.29 is 8.42 Å². The van der Waals surface area contributed by atoms with Crippen LogP contribution in [0.3, 0.4) is 0 Å². The Morgan fingerprint density at radius 2 is 2.07 bits per heavy atom. The minimum absolute atomic E-state index is 0.0789. The SMILES string of the molecule is Cc1ccnc(Nc2cccc(-c3cnc(N4CCC(NS(C)(=O)=O)C4)s3)n2)c1. The lowest BCUT2D eigenvalue weighted by Crippen LogP contribution is -2.36. The number of anilines is 3. The Hall–Kier alpha value is -2.56. The maximum absolute atomic E-state index is 11.4. The molecular formula is C19H22N6O2S2. The van der Waals surface area contributed by atoms with Crippen LogP contribution in [0.4, 0.5) is 16.8 Å². The van der Waals surface area contributed by atoms with E-state index >= 15 is 0 Å². The van der Waals surface area contributed by atoms with Gasteiger partial charge in [-0.25, -0.2) is 28.1 Å². The fraction of sp³-hybridized carbons (Fsp3) is 0.316. The van der Waals surface area contributed by atoms with Gasteiger partial charge in [0.05, 0.1) is 16.8 Å². The molecule has 2 N–H and O–H groups in total. The van der Waals surface area contributed by atoms with Gasteiger partial charge >= 0.3 is 0 Å². The van der Waals surface area contributed by atoms with Crippen molar-refractivity contribution in [3.05, 3.63) is 48.3 Å². The summed E-state index contributed by atoms with van der Waals surface area (Å²) in [6.07, 6.45) is 5.53. The topological polar surface area (TPSA) is 100 Å². The molecule has 3 aromatic rings. The van der Waals surface area contributed by atoms with Gasteiger partial charge in [-0.3, -0.25) is 0 Å². The van der Waals surface area contributed by atoms with E-state index in [0.717, 1.165) is 40.0 Å². The minimum Gasteiger partial charge on any atom is -0.346 e. The molecule has 8 nitrogen and oxygen atoms in total. The number of thiazole rings is 1. The van der Waals surface area contributed by atoms with Gasteiger partial charge < -0.3 is 10.2 Å². The largest absolute Gasteiger partial charge is 0.346 e. The maximum atomic E-state index is 11.4. The molecule has 0 bridgehead atoms. The second kappa shape index (κ2) is 8.05. The Kier molecular flexibility index (Phi) is 5.48. The third-order valence-corrected chi connectivity index (χ3v) is 6.35. The fourth-order valence-electron chi connectivity index (χ4n) is 3.24. The number of nitrogens with one attached hydrogen (secondary N) is 2. The first-order valence-corrected chi connectivity index (χ1v) is 11.9. The van der Waals surface area contributed by atoms with Crippen LogP contribution in [0, 0.1) is 6.92 Å². The van der Waals surface area contributed by atoms with E-state index < -0.39 is 10.0 Å². The molecule has 0 saturated carbocycles. The lowest BCUT2D eigenvalue weighted by molar-refractivity contribution is 0.567. The van der Waals surface area contributed by atoms with Crippen molar-refractivity contribution in [2.45, 2.75) is 19.4 Å². The Bertz CT molecular complexity index is 1120. The first-order valence-electron chi connectivity index (χ1n) is 9.21. The predicted octanol–water partition coefficient (Wildman–Crippen LogP) is 2.78. The van der Waals surface area contributed by atoms with Crippen LogP contribution < -0.4 is 14.9 Å². The van der Waals surface area contributed by atoms with Crippen LogP contribution in [-0.4, -0.2) is 48.8 Å². The number of aromatic nitrogens is 3. The van der Waals surface area contributed by atoms with Gasteiger partial charge in [-0.05, 0) is 43.2 Å². The molecule has 0 aliphatic carbocycles. The van der Waals surface area contributed by atoms with Crippen molar-refractivity contribution in [2.75, 3.05) is 29.6 Å². The first kappa shape index (κ1) is 19.7. The molecule has 1 atom stereocenters. The number of nitrogens with zero attached hydrogens (tertiary/aromatic N) is 4. The average molecular weight is 431 g/mol. The number of sulfonamides is 1. The normalized spacial score (nSPS) is 16.9. The monoisotopic (exact) mass is 430 g/mol. The molecule has 0 radical (unpaired) electrons. The molecule has 1 aliphatic heterocycles. The van der Waals surface area contributed by atoms with E-state index in [9.17, 15) is 8.42 Å². The summed E-state index contributed by atoms with van der Waals surface area (Å²) in [7, 11) is -3.20. The van der Waals surface area contributed by atoms with Crippen LogP contribution in [-0.2, 0) is 10.0 Å². The van der Waals surface area contributed by atoms with Crippen molar-refractivity contribution >= 4 is 38.1 Å². The molecule has 1 unspecified atom stereocenters. The second-order valence-electron chi connectivity index (χ2n) is 7.08. The van der Waals surface area contributed by atoms with Crippen LogP contribution in [0.25, 0.3) is 10.6 Å². The van der Waals surface area contributed by atoms with Gasteiger partial charge in [0.15, 0.2) is 5.13 Å². The molecular weight excluding hydrogens is 408 g/mol. The molecule has 0 spiro atoms. The summed E-state index contributed by atoms with van der Waals surface area (Å²) < 4.78 is 25.6. The molecule has 1 saturated heterocycles. The molecule has 3 aromatic heterocycles. The minimum atomic E-state index is -3.20. The molecule has 10 heteroatoms. The van der Waals surface area contributed by atoms with Crippen molar-refractivity contribution in [2.24, 2.45) is 0 Å². The van der Waals surface area contributed by atoms with Crippen LogP contribution in [0.15, 0.2) is 42.7 Å². The molecule has 1 aliphatic rings. The average Bonchev–Trinajstić information content (AvgIpc) is 3.30. The number of aryl methyl sites for hydroxylation is 1. The first-order chi connectivity index (χ1) is 13.9. The van der Waals surface area contributed by atoms with E-state index in [2.05, 4.69) is 29.9 Å². The molecule has 4 rings (SSSR count). The van der Waals surface area contributed by atoms with E-state index in [1.807, 2.05) is 43.5 Å². The number of hydrogen-bond acceptors (Lipinski definition) is 8. The van der Waals surface area contributed by atoms with Crippen LogP contribution >= 0.6 is 11.3 Å². The Labute approximate surface area is 174 Å². The zero-order valence-electron chi connectivity index (χ0n) is 16.2. The Morgan fingerprint density at radius 3 is 2.86 bits per heavy atom. The standard InChI is InChI=1S/C19H22N6O2S2/c1-13-6-8-20-18(10-13)23-17-5-3-4-15(22-17)16-11-21-19(28-16)25-9-7-14(12-25)24-29(2,26)27/h3-6,8,10-11,14,24H,7,9,12H2,1-2H3,(H,20,22,23). The maximum Gasteiger partial charge on any atom is 0.209 e. The predicted molar refractivity (Wildman–Crippen MR) is 116 cm³/mol. The van der Waals surface area contributed by atoms with Crippen molar-refractivity contribution in [3.63, 3.8) is 0 Å². The van der Waals surface area contributed by atoms with Gasteiger partial charge in [0.1, 0.15) is 11.6 Å². The van der Waals surface area contributed by atoms with Gasteiger partial charge in [0, 0.05) is 31.5 Å². The molecule has 0 aromatic carbocycles. The lowest BCUT2D eigenvalue weighted by atomic mass is 10.3. The molecule has 29 heavy (non-hydrogen) atoms. The Morgan fingerprint density at radius 1 is 1.21 bits per heavy atom. The fourth-order valence-corrected chi connectivity index (χ4v) is 4.96. The summed E-state index contributed by atoms with van der Waals surface area (Å²) in [5.41, 5.74) is 1.96. The Balaban J connectivity index is 1.47. The summed E-state index contributed by atoms with van der Waals surface area (Å²) >= 11 is 1.55. The number of pyridine rings is 2. The zero-order chi connectivity index (χ0) is 20.4. The van der Waals surface area contributed by atoms with Gasteiger partial charge in [0.25, 0.3) is 0 Å². The highest BCUT2D eigenvalue weighted by atomic mass is 32.2. The number of hydrogen-bond donors (Lipinski definition) is 2. The lowest BCUT2D eigenvalue weighted by Gasteiger charge is -2.14. The van der Waals surface area contributed by atoms with E-state index in [4.69, 9.17) is 0 Å². The summed E-state index contributed by atoms with van der Waals surface area (Å²) in [4.78, 5) is 16.6.